The van der Waals surface area contributed by atoms with Crippen molar-refractivity contribution in [3.05, 3.63) is 71.3 Å². The fourth-order valence-corrected chi connectivity index (χ4v) is 3.59. The molecule has 2 aromatic carbocycles. The van der Waals surface area contributed by atoms with E-state index in [4.69, 9.17) is 0 Å². The van der Waals surface area contributed by atoms with E-state index in [0.717, 1.165) is 13.0 Å². The fourth-order valence-electron chi connectivity index (χ4n) is 3.59. The number of benzene rings is 2. The number of hydrogen-bond acceptors (Lipinski definition) is 2. The second-order valence-electron chi connectivity index (χ2n) is 6.10. The SMILES string of the molecule is O=C(c1ccccc1)N1CC(=O)N2CCc3ccccc3[C@H]2C1. The summed E-state index contributed by atoms with van der Waals surface area (Å²) in [7, 11) is 0. The van der Waals surface area contributed by atoms with Gasteiger partial charge in [0.15, 0.2) is 0 Å². The van der Waals surface area contributed by atoms with Gasteiger partial charge in [-0.25, -0.2) is 0 Å². The Bertz CT molecular complexity index is 757. The quantitative estimate of drug-likeness (QED) is 0.811. The molecule has 2 amide bonds. The minimum Gasteiger partial charge on any atom is -0.332 e. The molecule has 4 heteroatoms. The molecular formula is C19H18N2O2. The van der Waals surface area contributed by atoms with E-state index in [1.165, 1.54) is 11.1 Å². The van der Waals surface area contributed by atoms with E-state index in [1.54, 1.807) is 17.0 Å². The standard InChI is InChI=1S/C19H18N2O2/c22-18-13-20(19(23)15-7-2-1-3-8-15)12-17-16-9-5-4-6-14(16)10-11-21(17)18/h1-9,17H,10-13H2/t17-/m1/s1. The van der Waals surface area contributed by atoms with Crippen LogP contribution in [-0.2, 0) is 11.2 Å². The second-order valence-corrected chi connectivity index (χ2v) is 6.10. The molecule has 1 saturated heterocycles. The molecule has 0 aliphatic carbocycles. The molecule has 1 atom stereocenters. The minimum atomic E-state index is -0.0679. The number of hydrogen-bond donors (Lipinski definition) is 0. The van der Waals surface area contributed by atoms with Crippen molar-refractivity contribution in [3.63, 3.8) is 0 Å². The Labute approximate surface area is 135 Å². The molecule has 0 radical (unpaired) electrons. The highest BCUT2D eigenvalue weighted by Crippen LogP contribution is 2.33. The van der Waals surface area contributed by atoms with Gasteiger partial charge in [0.2, 0.25) is 5.91 Å². The summed E-state index contributed by atoms with van der Waals surface area (Å²) in [6, 6.07) is 17.4. The molecule has 0 saturated carbocycles. The summed E-state index contributed by atoms with van der Waals surface area (Å²) < 4.78 is 0. The van der Waals surface area contributed by atoms with Crippen LogP contribution in [0, 0.1) is 0 Å². The highest BCUT2D eigenvalue weighted by molar-refractivity contribution is 5.97. The van der Waals surface area contributed by atoms with Crippen LogP contribution in [0.1, 0.15) is 27.5 Å². The van der Waals surface area contributed by atoms with E-state index >= 15 is 0 Å². The predicted octanol–water partition coefficient (Wildman–Crippen LogP) is 2.27. The maximum absolute atomic E-state index is 12.7. The highest BCUT2D eigenvalue weighted by atomic mass is 16.2. The van der Waals surface area contributed by atoms with E-state index < -0.39 is 0 Å². The van der Waals surface area contributed by atoms with Crippen molar-refractivity contribution >= 4 is 11.8 Å². The summed E-state index contributed by atoms with van der Waals surface area (Å²) in [6.07, 6.45) is 0.894. The Morgan fingerprint density at radius 2 is 1.74 bits per heavy atom. The molecule has 4 nitrogen and oxygen atoms in total. The molecule has 0 N–H and O–H groups in total. The van der Waals surface area contributed by atoms with Crippen molar-refractivity contribution in [1.29, 1.82) is 0 Å². The Morgan fingerprint density at radius 3 is 2.57 bits per heavy atom. The monoisotopic (exact) mass is 306 g/mol. The summed E-state index contributed by atoms with van der Waals surface area (Å²) in [5.74, 6) is -0.0262. The van der Waals surface area contributed by atoms with Gasteiger partial charge in [-0.1, -0.05) is 42.5 Å². The molecule has 23 heavy (non-hydrogen) atoms. The predicted molar refractivity (Wildman–Crippen MR) is 86.9 cm³/mol. The average Bonchev–Trinajstić information content (AvgIpc) is 2.61. The number of carbonyl (C=O) groups is 2. The third-order valence-electron chi connectivity index (χ3n) is 4.76. The Hall–Kier alpha value is -2.62. The molecule has 2 aliphatic rings. The zero-order valence-corrected chi connectivity index (χ0v) is 12.8. The first-order valence-electron chi connectivity index (χ1n) is 7.95. The van der Waals surface area contributed by atoms with Crippen LogP contribution in [0.15, 0.2) is 54.6 Å². The van der Waals surface area contributed by atoms with Crippen molar-refractivity contribution in [1.82, 2.24) is 9.80 Å². The van der Waals surface area contributed by atoms with E-state index in [0.29, 0.717) is 12.1 Å². The van der Waals surface area contributed by atoms with Crippen molar-refractivity contribution in [2.75, 3.05) is 19.6 Å². The lowest BCUT2D eigenvalue weighted by Gasteiger charge is -2.44. The van der Waals surface area contributed by atoms with E-state index in [2.05, 4.69) is 12.1 Å². The zero-order valence-electron chi connectivity index (χ0n) is 12.8. The first kappa shape index (κ1) is 14.0. The fraction of sp³-hybridized carbons (Fsp3) is 0.263. The van der Waals surface area contributed by atoms with Gasteiger partial charge in [-0.2, -0.15) is 0 Å². The zero-order chi connectivity index (χ0) is 15.8. The molecule has 0 spiro atoms. The summed E-state index contributed by atoms with van der Waals surface area (Å²) in [6.45, 7) is 1.48. The van der Waals surface area contributed by atoms with Gasteiger partial charge in [-0.3, -0.25) is 9.59 Å². The van der Waals surface area contributed by atoms with Crippen LogP contribution in [0.2, 0.25) is 0 Å². The molecule has 2 aliphatic heterocycles. The van der Waals surface area contributed by atoms with Crippen LogP contribution in [0.4, 0.5) is 0 Å². The number of rotatable bonds is 1. The molecule has 4 rings (SSSR count). The number of nitrogens with zero attached hydrogens (tertiary/aromatic N) is 2. The largest absolute Gasteiger partial charge is 0.332 e. The molecule has 116 valence electrons. The Morgan fingerprint density at radius 1 is 1.00 bits per heavy atom. The minimum absolute atomic E-state index is 0.0196. The van der Waals surface area contributed by atoms with Gasteiger partial charge in [0, 0.05) is 18.7 Å². The van der Waals surface area contributed by atoms with Gasteiger partial charge in [0.1, 0.15) is 6.54 Å². The lowest BCUT2D eigenvalue weighted by molar-refractivity contribution is -0.139. The van der Waals surface area contributed by atoms with Crippen LogP contribution in [0.25, 0.3) is 0 Å². The van der Waals surface area contributed by atoms with Crippen molar-refractivity contribution in [2.45, 2.75) is 12.5 Å². The number of carbonyl (C=O) groups excluding carboxylic acids is 2. The maximum atomic E-state index is 12.7. The normalized spacial score (nSPS) is 20.0. The average molecular weight is 306 g/mol. The van der Waals surface area contributed by atoms with Gasteiger partial charge in [-0.05, 0) is 29.7 Å². The van der Waals surface area contributed by atoms with Crippen LogP contribution in [0.3, 0.4) is 0 Å². The van der Waals surface area contributed by atoms with Crippen molar-refractivity contribution in [2.24, 2.45) is 0 Å². The first-order chi connectivity index (χ1) is 11.2. The maximum Gasteiger partial charge on any atom is 0.254 e. The summed E-state index contributed by atoms with van der Waals surface area (Å²) in [5.41, 5.74) is 3.10. The molecule has 0 bridgehead atoms. The highest BCUT2D eigenvalue weighted by Gasteiger charge is 2.38. The van der Waals surface area contributed by atoms with Crippen LogP contribution in [-0.4, -0.2) is 41.2 Å². The van der Waals surface area contributed by atoms with E-state index in [9.17, 15) is 9.59 Å². The first-order valence-corrected chi connectivity index (χ1v) is 7.95. The molecular weight excluding hydrogens is 288 g/mol. The molecule has 1 fully saturated rings. The number of amides is 2. The van der Waals surface area contributed by atoms with E-state index in [1.807, 2.05) is 35.2 Å². The van der Waals surface area contributed by atoms with Gasteiger partial charge < -0.3 is 9.80 Å². The lowest BCUT2D eigenvalue weighted by Crippen LogP contribution is -2.55. The summed E-state index contributed by atoms with van der Waals surface area (Å²) in [4.78, 5) is 28.8. The van der Waals surface area contributed by atoms with Crippen LogP contribution >= 0.6 is 0 Å². The number of fused-ring (bicyclic) bond motifs is 3. The van der Waals surface area contributed by atoms with Crippen LogP contribution in [0.5, 0.6) is 0 Å². The third-order valence-corrected chi connectivity index (χ3v) is 4.76. The number of piperazine rings is 1. The smallest absolute Gasteiger partial charge is 0.254 e. The third kappa shape index (κ3) is 2.40. The molecule has 0 unspecified atom stereocenters. The van der Waals surface area contributed by atoms with Crippen molar-refractivity contribution in [3.8, 4) is 0 Å². The molecule has 2 aromatic rings. The van der Waals surface area contributed by atoms with Crippen LogP contribution < -0.4 is 0 Å². The second kappa shape index (κ2) is 5.54. The van der Waals surface area contributed by atoms with Gasteiger partial charge in [-0.15, -0.1) is 0 Å². The Kier molecular flexibility index (Phi) is 3.37. The molecule has 2 heterocycles. The van der Waals surface area contributed by atoms with Crippen molar-refractivity contribution < 1.29 is 9.59 Å². The Balaban J connectivity index is 1.65. The van der Waals surface area contributed by atoms with E-state index in [-0.39, 0.29) is 24.4 Å². The topological polar surface area (TPSA) is 40.6 Å². The van der Waals surface area contributed by atoms with Gasteiger partial charge in [0.05, 0.1) is 6.04 Å². The summed E-state index contributed by atoms with van der Waals surface area (Å²) in [5, 5.41) is 0. The summed E-state index contributed by atoms with van der Waals surface area (Å²) >= 11 is 0. The molecule has 0 aromatic heterocycles. The van der Waals surface area contributed by atoms with Gasteiger partial charge in [0.25, 0.3) is 5.91 Å². The van der Waals surface area contributed by atoms with Gasteiger partial charge >= 0.3 is 0 Å². The lowest BCUT2D eigenvalue weighted by atomic mass is 9.90.